The van der Waals surface area contributed by atoms with Crippen LogP contribution in [-0.4, -0.2) is 138 Å². The standard InChI is InChI=1S/C48H45N5O7.C47H43N5O7.3CH4/c1-29-16-37-39(49-25-35-20-32-10-5-7-12-41(32)52(35)47(37)55)23-43(29)59-27-30-17-31(19-34(18-30)51(2)15-9-14-46(54)58-4)28-60-45-24-40-38(22-44(45)57-3)48(56)53-36(26-50-40)21-33-11-6-8-13-42(33)53;1-28-15-36-38(48-24-34-19-31-9-4-6-11-40(31)51(34)46(36)55)22-42(28)58-26-29-16-30(18-33(17-29)50(2)14-8-13-45(53)54)27-59-44-23-39-37(21-43(44)57-3)47(56)52-35(25-49-39)20-32-10-5-7-12-41(32)52;;;/h5-8,10-13,16-19,22-26,35-36H,9,14-15,20-21,27-28H2,1-4H3;4-7,9-12,15-18,21-25,34-35H,8,13-14,19-20,26-27H2,1-3H3,(H,53,54);3*1H4/t35-,36-;34-,35-;;;/m00.../s1. The van der Waals surface area contributed by atoms with E-state index in [0.717, 1.165) is 103 Å². The van der Waals surface area contributed by atoms with Crippen molar-refractivity contribution in [2.24, 2.45) is 20.0 Å². The van der Waals surface area contributed by atoms with Crippen LogP contribution in [0.2, 0.25) is 0 Å². The molecule has 0 spiro atoms. The van der Waals surface area contributed by atoms with Crippen molar-refractivity contribution in [1.82, 2.24) is 0 Å². The molecule has 18 rings (SSSR count). The van der Waals surface area contributed by atoms with Crippen molar-refractivity contribution >= 4 is 117 Å². The molecule has 1 N–H and O–H groups in total. The number of esters is 1. The molecule has 8 aliphatic heterocycles. The third-order valence-corrected chi connectivity index (χ3v) is 23.1. The molecule has 8 heterocycles. The van der Waals surface area contributed by atoms with Crippen LogP contribution in [0.4, 0.5) is 56.9 Å². The van der Waals surface area contributed by atoms with Gasteiger partial charge in [0.2, 0.25) is 0 Å². The van der Waals surface area contributed by atoms with E-state index in [1.165, 1.54) is 7.11 Å². The first-order valence-electron chi connectivity index (χ1n) is 39.9. The molecular formula is C98H100N10O14. The van der Waals surface area contributed by atoms with Crippen molar-refractivity contribution in [3.63, 3.8) is 0 Å². The van der Waals surface area contributed by atoms with E-state index in [1.807, 2.05) is 212 Å². The van der Waals surface area contributed by atoms with E-state index < -0.39 is 5.97 Å². The van der Waals surface area contributed by atoms with Crippen molar-refractivity contribution in [2.45, 2.75) is 138 Å². The number of carbonyl (C=O) groups is 6. The second-order valence-electron chi connectivity index (χ2n) is 30.9. The summed E-state index contributed by atoms with van der Waals surface area (Å²) in [5.41, 5.74) is 19.1. The number of aliphatic carboxylic acids is 1. The van der Waals surface area contributed by atoms with E-state index in [0.29, 0.717) is 125 Å². The zero-order valence-electron chi connectivity index (χ0n) is 67.1. The predicted molar refractivity (Wildman–Crippen MR) is 479 cm³/mol. The lowest BCUT2D eigenvalue weighted by Gasteiger charge is -2.23. The molecule has 4 amide bonds. The number of carboxylic acid groups (broad SMARTS) is 1. The van der Waals surface area contributed by atoms with Gasteiger partial charge in [0.05, 0.1) is 90.5 Å². The molecule has 10 aromatic carbocycles. The zero-order valence-corrected chi connectivity index (χ0v) is 67.1. The third-order valence-electron chi connectivity index (χ3n) is 23.1. The van der Waals surface area contributed by atoms with E-state index in [2.05, 4.69) is 23.1 Å². The van der Waals surface area contributed by atoms with Crippen molar-refractivity contribution in [1.29, 1.82) is 0 Å². The molecule has 0 bridgehead atoms. The molecule has 8 aliphatic rings. The second-order valence-corrected chi connectivity index (χ2v) is 30.9. The molecule has 0 fully saturated rings. The highest BCUT2D eigenvalue weighted by Gasteiger charge is 2.41. The summed E-state index contributed by atoms with van der Waals surface area (Å²) in [5, 5.41) is 9.25. The van der Waals surface area contributed by atoms with Crippen LogP contribution >= 0.6 is 0 Å². The SMILES string of the molecule is C.C.C.COC(=O)CCCN(C)c1cc(COc2cc3c(cc2C)C(=O)N2c4ccccc4C[C@H]2C=N3)cc(COc2cc3c(cc2OC)C(=O)N2c4ccccc4C[C@H]2C=N3)c1.COc1cc2c(cc1OCc1cc(COc3cc4c(cc3C)C(=O)N3c5ccccc5C[C@H]3C=N4)cc(N(C)CCCC(=O)O)c1)N=C[C@@H]1Cc3ccccc3N1C2=O. The van der Waals surface area contributed by atoms with Crippen molar-refractivity contribution in [2.75, 3.05) is 77.9 Å². The fraction of sp³-hybridized carbons (Fsp3) is 0.286. The Kier molecular flexibility index (Phi) is 24.9. The van der Waals surface area contributed by atoms with Crippen LogP contribution in [0.25, 0.3) is 0 Å². The third kappa shape index (κ3) is 16.8. The summed E-state index contributed by atoms with van der Waals surface area (Å²) in [6.45, 7) is 5.79. The fourth-order valence-corrected chi connectivity index (χ4v) is 17.0. The van der Waals surface area contributed by atoms with Gasteiger partial charge in [-0.2, -0.15) is 0 Å². The van der Waals surface area contributed by atoms with Crippen LogP contribution in [0.5, 0.6) is 34.5 Å². The van der Waals surface area contributed by atoms with Gasteiger partial charge in [-0.15, -0.1) is 0 Å². The van der Waals surface area contributed by atoms with E-state index >= 15 is 0 Å². The lowest BCUT2D eigenvalue weighted by atomic mass is 10.1. The Hall–Kier alpha value is -13.9. The highest BCUT2D eigenvalue weighted by Crippen LogP contribution is 2.46. The normalized spacial score (nSPS) is 16.5. The number of fused-ring (bicyclic) bond motifs is 16. The summed E-state index contributed by atoms with van der Waals surface area (Å²) < 4.78 is 42.2. The molecular weight excluding hydrogens is 1540 g/mol. The van der Waals surface area contributed by atoms with Gasteiger partial charge in [-0.1, -0.05) is 95.1 Å². The van der Waals surface area contributed by atoms with Gasteiger partial charge in [-0.3, -0.25) is 68.3 Å². The molecule has 24 nitrogen and oxygen atoms in total. The quantitative estimate of drug-likeness (QED) is 0.0552. The fourth-order valence-electron chi connectivity index (χ4n) is 17.0. The minimum atomic E-state index is -0.840. The summed E-state index contributed by atoms with van der Waals surface area (Å²) in [6, 6.07) is 57.7. The maximum Gasteiger partial charge on any atom is 0.305 e. The molecule has 122 heavy (non-hydrogen) atoms. The Morgan fingerprint density at radius 3 is 0.975 bits per heavy atom. The highest BCUT2D eigenvalue weighted by atomic mass is 16.5. The van der Waals surface area contributed by atoms with Gasteiger partial charge in [-0.05, 0) is 167 Å². The first kappa shape index (κ1) is 84.6. The molecule has 4 atom stereocenters. The minimum absolute atomic E-state index is 0. The number of anilines is 6. The zero-order chi connectivity index (χ0) is 82.3. The minimum Gasteiger partial charge on any atom is -0.493 e. The number of hydrogen-bond acceptors (Lipinski definition) is 19. The first-order chi connectivity index (χ1) is 57.8. The molecule has 626 valence electrons. The summed E-state index contributed by atoms with van der Waals surface area (Å²) in [4.78, 5) is 109. The van der Waals surface area contributed by atoms with Crippen LogP contribution in [0.1, 0.15) is 145 Å². The smallest absolute Gasteiger partial charge is 0.305 e. The number of carboxylic acids is 1. The maximum absolute atomic E-state index is 14.0. The Bertz CT molecular complexity index is 5900. The number of methoxy groups -OCH3 is 3. The number of nitrogens with zero attached hydrogens (tertiary/aromatic N) is 10. The van der Waals surface area contributed by atoms with E-state index in [-0.39, 0.29) is 109 Å². The van der Waals surface area contributed by atoms with E-state index in [9.17, 15) is 33.9 Å². The summed E-state index contributed by atoms with van der Waals surface area (Å²) in [7, 11) is 8.40. The van der Waals surface area contributed by atoms with Gasteiger partial charge in [0, 0.05) is 149 Å². The Balaban J connectivity index is 0.000000194. The average molecular weight is 1640 g/mol. The number of para-hydroxylation sites is 4. The van der Waals surface area contributed by atoms with Crippen LogP contribution in [-0.2, 0) is 66.4 Å². The topological polar surface area (TPSA) is 256 Å². The van der Waals surface area contributed by atoms with E-state index in [4.69, 9.17) is 53.1 Å². The Morgan fingerprint density at radius 1 is 0.385 bits per heavy atom. The average Bonchev–Trinajstić information content (AvgIpc) is 1.63. The molecule has 0 unspecified atom stereocenters. The second kappa shape index (κ2) is 36.0. The van der Waals surface area contributed by atoms with Gasteiger partial charge in [-0.25, -0.2) is 0 Å². The number of carbonyl (C=O) groups excluding carboxylic acids is 5. The number of benzene rings is 10. The molecule has 0 radical (unpaired) electrons. The van der Waals surface area contributed by atoms with Crippen LogP contribution in [0.3, 0.4) is 0 Å². The molecule has 0 saturated heterocycles. The molecule has 24 heteroatoms. The monoisotopic (exact) mass is 1640 g/mol. The Labute approximate surface area is 710 Å². The number of aliphatic imine (C=N–C) groups is 4. The summed E-state index contributed by atoms with van der Waals surface area (Å²) in [6.07, 6.45) is 11.7. The predicted octanol–water partition coefficient (Wildman–Crippen LogP) is 18.1. The first-order valence-corrected chi connectivity index (χ1v) is 39.9. The van der Waals surface area contributed by atoms with Crippen molar-refractivity contribution < 1.29 is 67.0 Å². The summed E-state index contributed by atoms with van der Waals surface area (Å²) in [5.74, 6) is 1.45. The number of amides is 4. The molecule has 0 aromatic heterocycles. The Morgan fingerprint density at radius 2 is 0.672 bits per heavy atom. The number of aryl methyl sites for hydroxylation is 2. The van der Waals surface area contributed by atoms with Crippen LogP contribution in [0.15, 0.2) is 202 Å². The highest BCUT2D eigenvalue weighted by molar-refractivity contribution is 6.18. The number of ether oxygens (including phenoxy) is 7. The largest absolute Gasteiger partial charge is 0.493 e. The number of rotatable bonds is 24. The van der Waals surface area contributed by atoms with Crippen LogP contribution < -0.4 is 57.8 Å². The van der Waals surface area contributed by atoms with Gasteiger partial charge in [0.1, 0.15) is 37.9 Å². The van der Waals surface area contributed by atoms with Crippen molar-refractivity contribution in [3.05, 3.63) is 260 Å². The molecule has 0 aliphatic carbocycles. The maximum atomic E-state index is 14.0. The summed E-state index contributed by atoms with van der Waals surface area (Å²) >= 11 is 0. The molecule has 10 aromatic rings. The van der Waals surface area contributed by atoms with Gasteiger partial charge in [0.25, 0.3) is 23.6 Å². The lowest BCUT2D eigenvalue weighted by Crippen LogP contribution is -2.37. The van der Waals surface area contributed by atoms with Crippen molar-refractivity contribution in [3.8, 4) is 34.5 Å². The van der Waals surface area contributed by atoms with Gasteiger partial charge >= 0.3 is 11.9 Å². The number of hydrogen-bond donors (Lipinski definition) is 1. The lowest BCUT2D eigenvalue weighted by molar-refractivity contribution is -0.140. The van der Waals surface area contributed by atoms with Gasteiger partial charge in [0.15, 0.2) is 23.0 Å². The van der Waals surface area contributed by atoms with Crippen LogP contribution in [0, 0.1) is 13.8 Å². The molecule has 0 saturated carbocycles. The van der Waals surface area contributed by atoms with E-state index in [1.54, 1.807) is 43.4 Å². The van der Waals surface area contributed by atoms with Gasteiger partial charge < -0.3 is 48.1 Å².